The number of benzene rings is 3. The highest BCUT2D eigenvalue weighted by Crippen LogP contribution is 2.60. The van der Waals surface area contributed by atoms with Gasteiger partial charge in [-0.25, -0.2) is 0 Å². The van der Waals surface area contributed by atoms with E-state index in [0.717, 1.165) is 39.3 Å². The molecule has 0 radical (unpaired) electrons. The van der Waals surface area contributed by atoms with E-state index in [4.69, 9.17) is 0 Å². The van der Waals surface area contributed by atoms with Crippen molar-refractivity contribution in [2.45, 2.75) is 41.5 Å². The zero-order valence-corrected chi connectivity index (χ0v) is 24.9. The minimum absolute atomic E-state index is 1.00. The van der Waals surface area contributed by atoms with Crippen molar-refractivity contribution in [1.82, 2.24) is 14.0 Å². The highest BCUT2D eigenvalue weighted by atomic mass is 31.2. The molecule has 0 aliphatic rings. The van der Waals surface area contributed by atoms with Gasteiger partial charge in [-0.1, -0.05) is 138 Å². The standard InChI is InChI=1S/C31H45N3P2/c1-7-32(8-2)36(33(9-3)10-4,34(11-5)12-6)28-35(29-22-16-13-17-23-29,30-24-18-14-19-25-30)31-26-20-15-21-27-31/h13-27H,7-12H2,1-6H3. The zero-order valence-electron chi connectivity index (χ0n) is 23.1. The van der Waals surface area contributed by atoms with Gasteiger partial charge in [-0.2, -0.15) is 0 Å². The van der Waals surface area contributed by atoms with E-state index in [1.807, 2.05) is 0 Å². The van der Waals surface area contributed by atoms with Crippen LogP contribution >= 0.6 is 14.2 Å². The molecule has 3 aromatic carbocycles. The van der Waals surface area contributed by atoms with Gasteiger partial charge in [-0.15, -0.1) is 0 Å². The van der Waals surface area contributed by atoms with E-state index in [1.165, 1.54) is 15.9 Å². The molecular weight excluding hydrogens is 476 g/mol. The van der Waals surface area contributed by atoms with Gasteiger partial charge in [0.15, 0.2) is 0 Å². The maximum absolute atomic E-state index is 4.64. The van der Waals surface area contributed by atoms with Crippen LogP contribution in [-0.2, 0) is 0 Å². The molecule has 0 amide bonds. The van der Waals surface area contributed by atoms with Crippen LogP contribution in [0.5, 0.6) is 0 Å². The van der Waals surface area contributed by atoms with Gasteiger partial charge in [-0.05, 0) is 15.9 Å². The third-order valence-corrected chi connectivity index (χ3v) is 16.6. The maximum atomic E-state index is 4.64. The maximum Gasteiger partial charge on any atom is 0.124 e. The second kappa shape index (κ2) is 13.6. The molecule has 0 atom stereocenters. The van der Waals surface area contributed by atoms with Crippen LogP contribution in [0.15, 0.2) is 91.0 Å². The van der Waals surface area contributed by atoms with Crippen molar-refractivity contribution in [1.29, 1.82) is 0 Å². The largest absolute Gasteiger partial charge is 0.255 e. The molecule has 0 unspecified atom stereocenters. The molecule has 0 aromatic heterocycles. The Hall–Kier alpha value is -1.82. The molecule has 0 heterocycles. The average Bonchev–Trinajstić information content (AvgIpc) is 2.95. The normalized spacial score (nSPS) is 12.4. The first-order chi connectivity index (χ1) is 17.6. The van der Waals surface area contributed by atoms with Gasteiger partial charge < -0.3 is 0 Å². The molecule has 0 spiro atoms. The molecule has 194 valence electrons. The summed E-state index contributed by atoms with van der Waals surface area (Å²) in [6.45, 7) is 17.7. The van der Waals surface area contributed by atoms with Gasteiger partial charge in [0.1, 0.15) is 7.34 Å². The van der Waals surface area contributed by atoms with E-state index in [2.05, 4.69) is 152 Å². The van der Waals surface area contributed by atoms with E-state index in [0.29, 0.717) is 0 Å². The monoisotopic (exact) mass is 521 g/mol. The molecule has 5 heteroatoms. The zero-order chi connectivity index (χ0) is 26.0. The van der Waals surface area contributed by atoms with Crippen LogP contribution in [0.1, 0.15) is 41.5 Å². The Morgan fingerprint density at radius 2 is 0.694 bits per heavy atom. The first-order valence-electron chi connectivity index (χ1n) is 13.6. The lowest BCUT2D eigenvalue weighted by Crippen LogP contribution is -2.42. The quantitative estimate of drug-likeness (QED) is 0.255. The molecule has 0 saturated heterocycles. The van der Waals surface area contributed by atoms with Crippen molar-refractivity contribution in [3.63, 3.8) is 0 Å². The predicted octanol–water partition coefficient (Wildman–Crippen LogP) is 6.41. The van der Waals surface area contributed by atoms with E-state index in [1.54, 1.807) is 0 Å². The molecule has 0 bridgehead atoms. The molecule has 0 aliphatic heterocycles. The van der Waals surface area contributed by atoms with Crippen molar-refractivity contribution >= 4 is 35.3 Å². The molecular formula is C31H45N3P2. The summed E-state index contributed by atoms with van der Waals surface area (Å²) in [5, 5.41) is 8.76. The predicted molar refractivity (Wildman–Crippen MR) is 166 cm³/mol. The Kier molecular flexibility index (Phi) is 10.9. The van der Waals surface area contributed by atoms with E-state index >= 15 is 0 Å². The lowest BCUT2D eigenvalue weighted by atomic mass is 10.4. The summed E-state index contributed by atoms with van der Waals surface area (Å²) in [7, 11) is -2.15. The number of hydrogen-bond acceptors (Lipinski definition) is 3. The van der Waals surface area contributed by atoms with Crippen LogP contribution in [-0.4, -0.2) is 58.5 Å². The summed E-state index contributed by atoms with van der Waals surface area (Å²) >= 11 is 0. The Balaban J connectivity index is 2.83. The summed E-state index contributed by atoms with van der Waals surface area (Å²) in [5.74, 6) is 0. The summed E-state index contributed by atoms with van der Waals surface area (Å²) in [5.41, 5.74) is 0. The average molecular weight is 522 g/mol. The van der Waals surface area contributed by atoms with Crippen LogP contribution in [0.3, 0.4) is 0 Å². The van der Waals surface area contributed by atoms with Crippen molar-refractivity contribution in [3.05, 3.63) is 91.0 Å². The van der Waals surface area contributed by atoms with E-state index in [-0.39, 0.29) is 0 Å². The summed E-state index contributed by atoms with van der Waals surface area (Å²) < 4.78 is 8.20. The fraction of sp³-hybridized carbons (Fsp3) is 0.387. The van der Waals surface area contributed by atoms with Crippen molar-refractivity contribution in [2.24, 2.45) is 0 Å². The second-order valence-electron chi connectivity index (χ2n) is 8.76. The lowest BCUT2D eigenvalue weighted by Gasteiger charge is -2.49. The van der Waals surface area contributed by atoms with E-state index < -0.39 is 14.2 Å². The first kappa shape index (κ1) is 28.7. The number of hydrogen-bond donors (Lipinski definition) is 0. The fourth-order valence-corrected chi connectivity index (χ4v) is 16.1. The Morgan fingerprint density at radius 3 is 0.917 bits per heavy atom. The Bertz CT molecular complexity index is 1020. The van der Waals surface area contributed by atoms with Crippen LogP contribution < -0.4 is 15.9 Å². The first-order valence-corrected chi connectivity index (χ1v) is 17.0. The Morgan fingerprint density at radius 1 is 0.444 bits per heavy atom. The van der Waals surface area contributed by atoms with Gasteiger partial charge in [0.2, 0.25) is 0 Å². The molecule has 0 N–H and O–H groups in total. The fourth-order valence-electron chi connectivity index (χ4n) is 5.36. The smallest absolute Gasteiger partial charge is 0.124 e. The minimum atomic E-state index is -2.24. The molecule has 3 rings (SSSR count). The van der Waals surface area contributed by atoms with Crippen LogP contribution in [0.25, 0.3) is 0 Å². The number of rotatable bonds is 12. The van der Waals surface area contributed by atoms with Gasteiger partial charge in [0, 0.05) is 46.2 Å². The van der Waals surface area contributed by atoms with Crippen molar-refractivity contribution in [3.8, 4) is 0 Å². The minimum Gasteiger partial charge on any atom is -0.255 e. The third kappa shape index (κ3) is 5.39. The van der Waals surface area contributed by atoms with E-state index in [9.17, 15) is 0 Å². The lowest BCUT2D eigenvalue weighted by molar-refractivity contribution is 0.347. The van der Waals surface area contributed by atoms with Gasteiger partial charge in [0.25, 0.3) is 0 Å². The molecule has 3 aromatic rings. The molecule has 3 nitrogen and oxygen atoms in total. The SMILES string of the molecule is CCN(CC)P(=C=P(c1ccccc1)(c1ccccc1)c1ccccc1)(N(CC)CC)N(CC)CC. The number of nitrogens with zero attached hydrogens (tertiary/aromatic N) is 3. The molecule has 0 aliphatic carbocycles. The summed E-state index contributed by atoms with van der Waals surface area (Å²) in [4.78, 5) is 0. The van der Waals surface area contributed by atoms with Crippen molar-refractivity contribution < 1.29 is 0 Å². The van der Waals surface area contributed by atoms with Crippen LogP contribution in [0.4, 0.5) is 0 Å². The highest BCUT2D eigenvalue weighted by Gasteiger charge is 2.37. The van der Waals surface area contributed by atoms with Gasteiger partial charge >= 0.3 is 0 Å². The summed E-state index contributed by atoms with van der Waals surface area (Å²) in [6, 6.07) is 33.6. The second-order valence-corrected chi connectivity index (χ2v) is 15.3. The van der Waals surface area contributed by atoms with Crippen LogP contribution in [0, 0.1) is 0 Å². The third-order valence-electron chi connectivity index (χ3n) is 7.09. The van der Waals surface area contributed by atoms with Crippen molar-refractivity contribution in [2.75, 3.05) is 39.3 Å². The summed E-state index contributed by atoms with van der Waals surface area (Å²) in [6.07, 6.45) is 0. The Labute approximate surface area is 220 Å². The molecule has 36 heavy (non-hydrogen) atoms. The van der Waals surface area contributed by atoms with Gasteiger partial charge in [0.05, 0.1) is 0 Å². The molecule has 0 fully saturated rings. The topological polar surface area (TPSA) is 9.72 Å². The highest BCUT2D eigenvalue weighted by molar-refractivity contribution is 7.99. The molecule has 0 saturated carbocycles. The van der Waals surface area contributed by atoms with Crippen LogP contribution in [0.2, 0.25) is 0 Å². The van der Waals surface area contributed by atoms with Gasteiger partial charge in [-0.3, -0.25) is 14.0 Å².